The van der Waals surface area contributed by atoms with Crippen molar-refractivity contribution in [2.45, 2.75) is 32.0 Å². The normalized spacial score (nSPS) is 14.6. The molecule has 0 heterocycles. The van der Waals surface area contributed by atoms with Crippen LogP contribution in [-0.4, -0.2) is 37.5 Å². The fraction of sp³-hybridized carbons (Fsp3) is 0.229. The number of aliphatic carboxylic acids is 1. The Morgan fingerprint density at radius 2 is 1.48 bits per heavy atom. The van der Waals surface area contributed by atoms with Gasteiger partial charge in [-0.25, -0.2) is 4.79 Å². The predicted octanol–water partition coefficient (Wildman–Crippen LogP) is 7.23. The van der Waals surface area contributed by atoms with Crippen LogP contribution in [0.15, 0.2) is 91.0 Å². The molecule has 1 aliphatic carbocycles. The van der Waals surface area contributed by atoms with E-state index in [1.54, 1.807) is 0 Å². The first-order valence-corrected chi connectivity index (χ1v) is 13.6. The molecule has 204 valence electrons. The molecule has 4 aromatic carbocycles. The lowest BCUT2D eigenvalue weighted by Gasteiger charge is -2.22. The third kappa shape index (κ3) is 6.33. The number of aryl methyl sites for hydroxylation is 1. The highest BCUT2D eigenvalue weighted by Crippen LogP contribution is 2.37. The van der Waals surface area contributed by atoms with Gasteiger partial charge in [0.1, 0.15) is 18.5 Å². The number of rotatable bonds is 11. The van der Waals surface area contributed by atoms with E-state index in [1.807, 2.05) is 30.3 Å². The molecular weight excluding hydrogens is 500 g/mol. The van der Waals surface area contributed by atoms with Crippen LogP contribution in [-0.2, 0) is 27.1 Å². The zero-order valence-corrected chi connectivity index (χ0v) is 22.9. The summed E-state index contributed by atoms with van der Waals surface area (Å²) in [6.07, 6.45) is 4.59. The van der Waals surface area contributed by atoms with Crippen molar-refractivity contribution in [3.8, 4) is 16.9 Å². The third-order valence-corrected chi connectivity index (χ3v) is 7.30. The second-order valence-corrected chi connectivity index (χ2v) is 9.87. The van der Waals surface area contributed by atoms with Crippen LogP contribution < -0.4 is 4.74 Å². The van der Waals surface area contributed by atoms with E-state index in [9.17, 15) is 9.90 Å². The second kappa shape index (κ2) is 12.8. The minimum Gasteiger partial charge on any atom is -0.491 e. The lowest BCUT2D eigenvalue weighted by atomic mass is 9.93. The Bertz CT molecular complexity index is 1470. The van der Waals surface area contributed by atoms with E-state index in [4.69, 9.17) is 14.2 Å². The van der Waals surface area contributed by atoms with Gasteiger partial charge in [-0.3, -0.25) is 0 Å². The van der Waals surface area contributed by atoms with Gasteiger partial charge in [0.15, 0.2) is 6.10 Å². The van der Waals surface area contributed by atoms with Gasteiger partial charge in [-0.05, 0) is 69.1 Å². The molecular formula is C35H34O5. The fourth-order valence-electron chi connectivity index (χ4n) is 5.05. The smallest absolute Gasteiger partial charge is 0.333 e. The van der Waals surface area contributed by atoms with Crippen molar-refractivity contribution in [2.24, 2.45) is 0 Å². The number of hydrogen-bond acceptors (Lipinski definition) is 4. The van der Waals surface area contributed by atoms with E-state index < -0.39 is 12.1 Å². The second-order valence-electron chi connectivity index (χ2n) is 9.87. The highest BCUT2D eigenvalue weighted by Gasteiger charge is 2.23. The summed E-state index contributed by atoms with van der Waals surface area (Å²) >= 11 is 0. The maximum atomic E-state index is 11.2. The van der Waals surface area contributed by atoms with Gasteiger partial charge in [-0.15, -0.1) is 0 Å². The first-order valence-electron chi connectivity index (χ1n) is 13.6. The molecule has 0 spiro atoms. The highest BCUT2D eigenvalue weighted by atomic mass is 16.5. The molecule has 0 radical (unpaired) electrons. The van der Waals surface area contributed by atoms with E-state index in [2.05, 4.69) is 79.7 Å². The summed E-state index contributed by atoms with van der Waals surface area (Å²) in [5.41, 5.74) is 9.14. The summed E-state index contributed by atoms with van der Waals surface area (Å²) in [4.78, 5) is 11.2. The molecule has 0 bridgehead atoms. The summed E-state index contributed by atoms with van der Waals surface area (Å²) in [6, 6.07) is 31.0. The van der Waals surface area contributed by atoms with Gasteiger partial charge < -0.3 is 19.3 Å². The topological polar surface area (TPSA) is 65.0 Å². The quantitative estimate of drug-likeness (QED) is 0.206. The Hall–Kier alpha value is -4.19. The maximum Gasteiger partial charge on any atom is 0.333 e. The molecule has 0 aromatic heterocycles. The molecule has 5 heteroatoms. The lowest BCUT2D eigenvalue weighted by Crippen LogP contribution is -2.24. The lowest BCUT2D eigenvalue weighted by molar-refractivity contribution is -0.148. The van der Waals surface area contributed by atoms with Crippen LogP contribution in [0.4, 0.5) is 0 Å². The van der Waals surface area contributed by atoms with Crippen LogP contribution >= 0.6 is 0 Å². The minimum absolute atomic E-state index is 0.219. The Morgan fingerprint density at radius 3 is 2.15 bits per heavy atom. The SMILES string of the molecule is CCc1ccc2c(c1)C=Cc1cc(-c3ccccc3)ccc1C2OCCOc1ccc(CC(OC)C(=O)O)cc1. The predicted molar refractivity (Wildman–Crippen MR) is 158 cm³/mol. The molecule has 5 nitrogen and oxygen atoms in total. The van der Waals surface area contributed by atoms with Crippen LogP contribution in [0.1, 0.15) is 46.4 Å². The third-order valence-electron chi connectivity index (χ3n) is 7.30. The standard InChI is InChI=1S/C35H34O5/c1-3-24-11-17-31-28(21-24)12-13-29-23-27(26-7-5-4-6-8-26)14-18-32(29)34(31)40-20-19-39-30-15-9-25(10-16-30)22-33(38-2)35(36)37/h4-18,21,23,33-34H,3,19-20,22H2,1-2H3,(H,36,37). The number of hydrogen-bond donors (Lipinski definition) is 1. The van der Waals surface area contributed by atoms with Gasteiger partial charge >= 0.3 is 5.97 Å². The number of benzene rings is 4. The van der Waals surface area contributed by atoms with E-state index >= 15 is 0 Å². The maximum absolute atomic E-state index is 11.2. The summed E-state index contributed by atoms with van der Waals surface area (Å²) < 4.78 is 17.5. The number of ether oxygens (including phenoxy) is 3. The molecule has 0 saturated carbocycles. The van der Waals surface area contributed by atoms with Gasteiger partial charge in [0, 0.05) is 13.5 Å². The van der Waals surface area contributed by atoms with E-state index in [1.165, 1.54) is 29.4 Å². The van der Waals surface area contributed by atoms with Crippen LogP contribution in [0.5, 0.6) is 5.75 Å². The monoisotopic (exact) mass is 534 g/mol. The van der Waals surface area contributed by atoms with Crippen LogP contribution in [0.25, 0.3) is 23.3 Å². The molecule has 4 aromatic rings. The minimum atomic E-state index is -0.973. The number of fused-ring (bicyclic) bond motifs is 2. The van der Waals surface area contributed by atoms with Crippen LogP contribution in [0.3, 0.4) is 0 Å². The Kier molecular flexibility index (Phi) is 8.74. The molecule has 2 unspecified atom stereocenters. The molecule has 40 heavy (non-hydrogen) atoms. The Labute approximate surface area is 235 Å². The van der Waals surface area contributed by atoms with E-state index in [-0.39, 0.29) is 6.10 Å². The largest absolute Gasteiger partial charge is 0.491 e. The molecule has 1 aliphatic rings. The highest BCUT2D eigenvalue weighted by molar-refractivity contribution is 5.79. The number of methoxy groups -OCH3 is 1. The van der Waals surface area contributed by atoms with E-state index in [0.29, 0.717) is 25.4 Å². The van der Waals surface area contributed by atoms with Crippen molar-refractivity contribution in [3.05, 3.63) is 124 Å². The Balaban J connectivity index is 1.31. The van der Waals surface area contributed by atoms with Crippen molar-refractivity contribution in [1.82, 2.24) is 0 Å². The molecule has 0 fully saturated rings. The van der Waals surface area contributed by atoms with Crippen LogP contribution in [0.2, 0.25) is 0 Å². The number of carboxylic acid groups (broad SMARTS) is 1. The molecule has 0 amide bonds. The average Bonchev–Trinajstić information content (AvgIpc) is 3.14. The number of carbonyl (C=O) groups is 1. The van der Waals surface area contributed by atoms with Gasteiger partial charge in [-0.2, -0.15) is 0 Å². The average molecular weight is 535 g/mol. The van der Waals surface area contributed by atoms with Crippen molar-refractivity contribution in [3.63, 3.8) is 0 Å². The van der Waals surface area contributed by atoms with Gasteiger partial charge in [0.2, 0.25) is 0 Å². The molecule has 0 aliphatic heterocycles. The van der Waals surface area contributed by atoms with E-state index in [0.717, 1.165) is 28.7 Å². The van der Waals surface area contributed by atoms with Gasteiger partial charge in [0.05, 0.1) is 6.61 Å². The van der Waals surface area contributed by atoms with Crippen molar-refractivity contribution in [2.75, 3.05) is 20.3 Å². The molecule has 0 saturated heterocycles. The summed E-state index contributed by atoms with van der Waals surface area (Å²) in [7, 11) is 1.41. The Morgan fingerprint density at radius 1 is 0.800 bits per heavy atom. The van der Waals surface area contributed by atoms with Gasteiger partial charge in [0.25, 0.3) is 0 Å². The van der Waals surface area contributed by atoms with Crippen molar-refractivity contribution < 1.29 is 24.1 Å². The fourth-order valence-corrected chi connectivity index (χ4v) is 5.05. The molecule has 5 rings (SSSR count). The zero-order valence-electron chi connectivity index (χ0n) is 22.9. The van der Waals surface area contributed by atoms with Crippen LogP contribution in [0, 0.1) is 0 Å². The van der Waals surface area contributed by atoms with Crippen molar-refractivity contribution in [1.29, 1.82) is 0 Å². The molecule has 2 atom stereocenters. The first kappa shape index (κ1) is 27.4. The summed E-state index contributed by atoms with van der Waals surface area (Å²) in [5, 5.41) is 9.20. The van der Waals surface area contributed by atoms with Crippen molar-refractivity contribution >= 4 is 18.1 Å². The first-order chi connectivity index (χ1) is 19.6. The molecule has 1 N–H and O–H groups in total. The van der Waals surface area contributed by atoms with Gasteiger partial charge in [-0.1, -0.05) is 91.9 Å². The summed E-state index contributed by atoms with van der Waals surface area (Å²) in [6.45, 7) is 2.97. The zero-order chi connectivity index (χ0) is 27.9. The number of carboxylic acids is 1. The summed E-state index contributed by atoms with van der Waals surface area (Å²) in [5.74, 6) is -0.265.